The van der Waals surface area contributed by atoms with Crippen molar-refractivity contribution in [1.29, 1.82) is 0 Å². The summed E-state index contributed by atoms with van der Waals surface area (Å²) in [6.07, 6.45) is 3.83. The molecule has 1 nitrogen and oxygen atoms in total. The van der Waals surface area contributed by atoms with E-state index >= 15 is 0 Å². The molecule has 0 aliphatic rings. The molecule has 0 saturated carbocycles. The number of aryl methyl sites for hydroxylation is 4. The van der Waals surface area contributed by atoms with Crippen LogP contribution in [0.5, 0.6) is 0 Å². The van der Waals surface area contributed by atoms with E-state index in [4.69, 9.17) is 0 Å². The minimum atomic E-state index is -2.76. The normalized spacial score (nSPS) is 11.1. The van der Waals surface area contributed by atoms with Crippen molar-refractivity contribution in [2.75, 3.05) is 0 Å². The van der Waals surface area contributed by atoms with Crippen LogP contribution in [-0.4, -0.2) is 19.5 Å². The topological polar surface area (TPSA) is 17.1 Å². The molecule has 0 fully saturated rings. The fourth-order valence-corrected chi connectivity index (χ4v) is 8.69. The zero-order valence-electron chi connectivity index (χ0n) is 14.1. The average molecular weight is 410 g/mol. The van der Waals surface area contributed by atoms with Crippen LogP contribution in [0.25, 0.3) is 0 Å². The van der Waals surface area contributed by atoms with Crippen LogP contribution in [0, 0.1) is 0 Å². The number of rotatable bonds is 6. The summed E-state index contributed by atoms with van der Waals surface area (Å²) in [5, 5.41) is 0. The van der Waals surface area contributed by atoms with Gasteiger partial charge in [-0.1, -0.05) is 0 Å². The molecule has 0 heterocycles. The van der Waals surface area contributed by atoms with Crippen molar-refractivity contribution >= 4 is 26.8 Å². The van der Waals surface area contributed by atoms with Gasteiger partial charge in [0.05, 0.1) is 0 Å². The van der Waals surface area contributed by atoms with Crippen molar-refractivity contribution in [3.05, 3.63) is 58.7 Å². The number of hydrogen-bond donors (Lipinski definition) is 0. The third kappa shape index (κ3) is 3.34. The predicted octanol–water partition coefficient (Wildman–Crippen LogP) is 3.47. The molecule has 0 bridgehead atoms. The zero-order valence-corrected chi connectivity index (χ0v) is 16.4. The summed E-state index contributed by atoms with van der Waals surface area (Å²) in [4.78, 5) is 0. The summed E-state index contributed by atoms with van der Waals surface area (Å²) in [5.41, 5.74) is 5.11. The Balaban J connectivity index is 2.68. The first-order valence-electron chi connectivity index (χ1n) is 8.31. The monoisotopic (exact) mass is 412 g/mol. The Morgan fingerprint density at radius 3 is 1.14 bits per heavy atom. The van der Waals surface area contributed by atoms with E-state index in [0.29, 0.717) is 0 Å². The molecule has 0 aliphatic heterocycles. The van der Waals surface area contributed by atoms with E-state index in [1.807, 2.05) is 0 Å². The van der Waals surface area contributed by atoms with Gasteiger partial charge in [0.15, 0.2) is 0 Å². The van der Waals surface area contributed by atoms with Gasteiger partial charge in [0.2, 0.25) is 0 Å². The van der Waals surface area contributed by atoms with Crippen molar-refractivity contribution in [2.24, 2.45) is 0 Å². The average Bonchev–Trinajstić information content (AvgIpc) is 2.59. The molecule has 118 valence electrons. The van der Waals surface area contributed by atoms with E-state index in [-0.39, 0.29) is 0 Å². The Bertz CT molecular complexity index is 571. The molecule has 0 N–H and O–H groups in total. The summed E-state index contributed by atoms with van der Waals surface area (Å²) >= 11 is -2.76. The van der Waals surface area contributed by atoms with E-state index in [2.05, 4.69) is 64.1 Å². The maximum absolute atomic E-state index is 13.6. The predicted molar refractivity (Wildman–Crippen MR) is 96.1 cm³/mol. The SMILES string of the molecule is CCc1cccc(CC)c1[Te](=O)c1c(CC)cccc1CC. The Labute approximate surface area is 141 Å². The van der Waals surface area contributed by atoms with Crippen molar-refractivity contribution in [1.82, 2.24) is 0 Å². The van der Waals surface area contributed by atoms with Gasteiger partial charge >= 0.3 is 142 Å². The van der Waals surface area contributed by atoms with Crippen LogP contribution in [0.2, 0.25) is 0 Å². The molecule has 0 saturated heterocycles. The minimum absolute atomic E-state index is 0.957. The molecule has 0 spiro atoms. The van der Waals surface area contributed by atoms with Crippen LogP contribution in [0.1, 0.15) is 49.9 Å². The summed E-state index contributed by atoms with van der Waals surface area (Å²) in [7, 11) is 0. The third-order valence-corrected chi connectivity index (χ3v) is 9.36. The van der Waals surface area contributed by atoms with Crippen LogP contribution >= 0.6 is 0 Å². The summed E-state index contributed by atoms with van der Waals surface area (Å²) in [6, 6.07) is 12.8. The van der Waals surface area contributed by atoms with Gasteiger partial charge in [-0.25, -0.2) is 0 Å². The van der Waals surface area contributed by atoms with Gasteiger partial charge in [0, 0.05) is 0 Å². The molecular formula is C20H26OTe. The van der Waals surface area contributed by atoms with Crippen LogP contribution in [0.4, 0.5) is 0 Å². The first kappa shape index (κ1) is 17.4. The quantitative estimate of drug-likeness (QED) is 0.667. The van der Waals surface area contributed by atoms with E-state index < -0.39 is 19.5 Å². The third-order valence-electron chi connectivity index (χ3n) is 4.25. The molecule has 0 atom stereocenters. The van der Waals surface area contributed by atoms with Crippen molar-refractivity contribution in [3.63, 3.8) is 0 Å². The zero-order chi connectivity index (χ0) is 16.1. The van der Waals surface area contributed by atoms with E-state index in [0.717, 1.165) is 25.7 Å². The van der Waals surface area contributed by atoms with Crippen LogP contribution < -0.4 is 7.22 Å². The second-order valence-electron chi connectivity index (χ2n) is 5.49. The Morgan fingerprint density at radius 1 is 0.636 bits per heavy atom. The van der Waals surface area contributed by atoms with Gasteiger partial charge in [-0.15, -0.1) is 0 Å². The van der Waals surface area contributed by atoms with Crippen molar-refractivity contribution in [2.45, 2.75) is 53.4 Å². The van der Waals surface area contributed by atoms with Gasteiger partial charge in [0.25, 0.3) is 0 Å². The van der Waals surface area contributed by atoms with E-state index in [1.165, 1.54) is 29.5 Å². The summed E-state index contributed by atoms with van der Waals surface area (Å²) in [5.74, 6) is 0. The molecule has 0 unspecified atom stereocenters. The van der Waals surface area contributed by atoms with Crippen LogP contribution in [-0.2, 0) is 28.8 Å². The van der Waals surface area contributed by atoms with E-state index in [1.54, 1.807) is 0 Å². The molecule has 2 aromatic rings. The first-order valence-corrected chi connectivity index (χ1v) is 11.6. The molecule has 2 rings (SSSR count). The van der Waals surface area contributed by atoms with Crippen molar-refractivity contribution in [3.8, 4) is 0 Å². The molecule has 22 heavy (non-hydrogen) atoms. The fourth-order valence-electron chi connectivity index (χ4n) is 2.97. The molecular weight excluding hydrogens is 384 g/mol. The molecule has 2 aromatic carbocycles. The standard InChI is InChI=1S/C20H26OTe/c1-5-15-11-9-12-16(6-2)19(15)22(21)20-17(7-3)13-10-14-18(20)8-4/h9-14H,5-8H2,1-4H3. The van der Waals surface area contributed by atoms with Crippen LogP contribution in [0.3, 0.4) is 0 Å². The first-order chi connectivity index (χ1) is 10.7. The summed E-state index contributed by atoms with van der Waals surface area (Å²) in [6.45, 7) is 8.65. The summed E-state index contributed by atoms with van der Waals surface area (Å²) < 4.78 is 16.0. The molecule has 2 heteroatoms. The Morgan fingerprint density at radius 2 is 0.909 bits per heavy atom. The number of hydrogen-bond acceptors (Lipinski definition) is 1. The second-order valence-corrected chi connectivity index (χ2v) is 9.36. The second kappa shape index (κ2) is 8.04. The number of benzene rings is 2. The fraction of sp³-hybridized carbons (Fsp3) is 0.400. The van der Waals surface area contributed by atoms with Gasteiger partial charge in [-0.3, -0.25) is 0 Å². The van der Waals surface area contributed by atoms with Gasteiger partial charge in [-0.2, -0.15) is 0 Å². The van der Waals surface area contributed by atoms with Gasteiger partial charge in [-0.05, 0) is 0 Å². The molecule has 0 aliphatic carbocycles. The molecule has 0 aromatic heterocycles. The van der Waals surface area contributed by atoms with Crippen LogP contribution in [0.15, 0.2) is 36.4 Å². The molecule has 0 amide bonds. The molecule has 0 radical (unpaired) electrons. The van der Waals surface area contributed by atoms with Gasteiger partial charge in [0.1, 0.15) is 0 Å². The van der Waals surface area contributed by atoms with E-state index in [9.17, 15) is 3.10 Å². The Kier molecular flexibility index (Phi) is 6.36. The van der Waals surface area contributed by atoms with Gasteiger partial charge < -0.3 is 0 Å². The van der Waals surface area contributed by atoms with Crippen molar-refractivity contribution < 1.29 is 3.10 Å². The maximum atomic E-state index is 13.6. The Hall–Kier alpha value is -0.970.